The van der Waals surface area contributed by atoms with Crippen LogP contribution in [-0.4, -0.2) is 20.4 Å². The fourth-order valence-electron chi connectivity index (χ4n) is 17.5. The summed E-state index contributed by atoms with van der Waals surface area (Å²) >= 11 is 0. The van der Waals surface area contributed by atoms with Gasteiger partial charge in [0.25, 0.3) is 6.71 Å². The summed E-state index contributed by atoms with van der Waals surface area (Å²) in [6, 6.07) is 82.1. The summed E-state index contributed by atoms with van der Waals surface area (Å²) in [4.78, 5) is 4.67. The third kappa shape index (κ3) is 11.1. The summed E-state index contributed by atoms with van der Waals surface area (Å²) in [5, 5.41) is 4.13. The Bertz CT molecular complexity index is 7430. The number of aromatic nitrogens is 3. The number of para-hydroxylation sites is 5. The Balaban J connectivity index is 0.977. The van der Waals surface area contributed by atoms with Crippen molar-refractivity contribution in [1.82, 2.24) is 13.7 Å². The zero-order chi connectivity index (χ0) is 87.7. The van der Waals surface area contributed by atoms with Gasteiger partial charge in [-0.15, -0.1) is 0 Å². The van der Waals surface area contributed by atoms with Crippen LogP contribution in [0.4, 0.5) is 34.1 Å². The highest BCUT2D eigenvalue weighted by Gasteiger charge is 2.45. The number of fused-ring (bicyclic) bond motifs is 13. The maximum atomic E-state index is 9.88. The molecule has 0 saturated heterocycles. The van der Waals surface area contributed by atoms with Crippen LogP contribution in [0.2, 0.25) is 0 Å². The zero-order valence-electron chi connectivity index (χ0n) is 78.0. The number of nitrogens with zero attached hydrogens (tertiary/aromatic N) is 5. The number of benzene rings is 15. The van der Waals surface area contributed by atoms with Gasteiger partial charge in [-0.25, -0.2) is 0 Å². The van der Waals surface area contributed by atoms with Gasteiger partial charge in [0.2, 0.25) is 0 Å². The number of anilines is 6. The molecule has 0 fully saturated rings. The number of hydrogen-bond donors (Lipinski definition) is 0. The van der Waals surface area contributed by atoms with Gasteiger partial charge in [-0.2, -0.15) is 0 Å². The molecule has 0 atom stereocenters. The van der Waals surface area contributed by atoms with E-state index in [1.165, 1.54) is 11.1 Å². The van der Waals surface area contributed by atoms with Gasteiger partial charge in [0.15, 0.2) is 0 Å². The number of hydrogen-bond acceptors (Lipinski definition) is 2. The van der Waals surface area contributed by atoms with Crippen LogP contribution in [0.3, 0.4) is 0 Å². The van der Waals surface area contributed by atoms with Gasteiger partial charge in [0, 0.05) is 72.1 Å². The summed E-state index contributed by atoms with van der Waals surface area (Å²) in [6.45, 7) is 26.3. The lowest BCUT2D eigenvalue weighted by atomic mass is 9.33. The molecule has 0 aliphatic carbocycles. The van der Waals surface area contributed by atoms with E-state index in [0.29, 0.717) is 22.6 Å². The maximum absolute atomic E-state index is 9.88. The van der Waals surface area contributed by atoms with Gasteiger partial charge < -0.3 is 23.5 Å². The average molecular weight is 1460 g/mol. The van der Waals surface area contributed by atoms with E-state index in [9.17, 15) is 13.7 Å². The molecule has 0 spiro atoms. The lowest BCUT2D eigenvalue weighted by Gasteiger charge is -2.45. The largest absolute Gasteiger partial charge is 0.311 e. The fraction of sp³-hybridized carbons (Fsp3) is 0.151. The molecule has 2 aliphatic heterocycles. The lowest BCUT2D eigenvalue weighted by Crippen LogP contribution is -2.61. The first-order chi connectivity index (χ1) is 59.5. The second-order valence-electron chi connectivity index (χ2n) is 34.4. The molecule has 20 rings (SSSR count). The summed E-state index contributed by atoms with van der Waals surface area (Å²) in [6.07, 6.45) is 0. The summed E-state index contributed by atoms with van der Waals surface area (Å²) < 4.78 is 129. The minimum absolute atomic E-state index is 0.0245. The van der Waals surface area contributed by atoms with E-state index in [4.69, 9.17) is 4.11 Å². The van der Waals surface area contributed by atoms with Gasteiger partial charge >= 0.3 is 0 Å². The Morgan fingerprint density at radius 1 is 0.241 bits per heavy atom. The van der Waals surface area contributed by atoms with E-state index in [1.54, 1.807) is 4.57 Å². The Morgan fingerprint density at radius 2 is 0.705 bits per heavy atom. The molecule has 15 aromatic carbocycles. The Morgan fingerprint density at radius 3 is 1.26 bits per heavy atom. The van der Waals surface area contributed by atoms with Crippen molar-refractivity contribution in [3.05, 3.63) is 350 Å². The molecule has 112 heavy (non-hydrogen) atoms. The Kier molecular flexibility index (Phi) is 12.7. The van der Waals surface area contributed by atoms with E-state index in [2.05, 4.69) is 272 Å². The normalized spacial score (nSPS) is 14.8. The molecule has 0 N–H and O–H groups in total. The van der Waals surface area contributed by atoms with Crippen LogP contribution in [0.1, 0.15) is 123 Å². The smallest absolute Gasteiger partial charge is 0.252 e. The van der Waals surface area contributed by atoms with Crippen molar-refractivity contribution in [3.8, 4) is 61.6 Å². The van der Waals surface area contributed by atoms with E-state index in [1.807, 2.05) is 78.9 Å². The molecule has 5 heterocycles. The first-order valence-corrected chi connectivity index (χ1v) is 38.8. The van der Waals surface area contributed by atoms with E-state index < -0.39 is 73.2 Å². The number of rotatable bonds is 9. The van der Waals surface area contributed by atoms with Crippen molar-refractivity contribution < 1.29 is 17.8 Å². The molecular formula is C106H90BN5. The van der Waals surface area contributed by atoms with Crippen LogP contribution < -0.4 is 26.2 Å². The predicted molar refractivity (Wildman–Crippen MR) is 480 cm³/mol. The monoisotopic (exact) mass is 1460 g/mol. The Labute approximate surface area is 676 Å². The van der Waals surface area contributed by atoms with Gasteiger partial charge in [-0.05, 0) is 214 Å². The zero-order valence-corrected chi connectivity index (χ0v) is 65.0. The molecule has 0 saturated carbocycles. The minimum Gasteiger partial charge on any atom is -0.311 e. The van der Waals surface area contributed by atoms with E-state index >= 15 is 0 Å². The molecule has 5 nitrogen and oxygen atoms in total. The van der Waals surface area contributed by atoms with E-state index in [0.717, 1.165) is 139 Å². The standard InChI is InChI=1S/C106H90BN5/c1-103(2,3)75-48-53-92-86(64-75)87-65-76(104(4,5)6)49-54-93(87)111(92)94-45-29-41-84-85-42-30-46-95(102(85)110(101(84)94)79-37-23-16-24-38-79)112-96-60-70(67-31-17-13-18-32-67)47-51-88(96)107-89-52-50-80(108-90-43-27-25-39-82(90)83-40-26-28-44-91(83)108)66-97(89)109(81-58-71(68-33-19-14-20-34-68)55-72(59-81)69-35-21-15-22-36-69)98-61-74(62-99(112)100(98)107)73-56-77(105(7,8)9)63-78(57-73)106(10,11)12/h13-66H,1-12H3/i13D,17D,18D,25D,26D,27D,28D,31D,32D,39D,40D,43D,44D. The second kappa shape index (κ2) is 25.5. The van der Waals surface area contributed by atoms with Crippen molar-refractivity contribution >= 4 is 123 Å². The van der Waals surface area contributed by atoms with Crippen molar-refractivity contribution in [2.24, 2.45) is 0 Å². The molecule has 2 aliphatic rings. The van der Waals surface area contributed by atoms with Crippen LogP contribution in [0, 0.1) is 0 Å². The third-order valence-electron chi connectivity index (χ3n) is 23.3. The van der Waals surface area contributed by atoms with Gasteiger partial charge in [-0.1, -0.05) is 301 Å². The SMILES string of the molecule is [2H]c1c([2H])c([2H])c(-c2ccc3c(c2)N(c2cccc4c5cccc(-n6c7ccc(C(C)(C)C)cc7c7cc(C(C)(C)C)ccc76)c5n(-c5ccccc5)c24)c2cc(-c4cc(C(C)(C)C)cc(C(C)(C)C)c4)cc4c2B3c2ccc(-n3c5c([2H])c([2H])c([2H])c([2H])c5c5c([2H])c([2H])c([2H])c([2H])c53)cc2N4c2cc(-c3ccccc3)cc(-c3ccccc3)c2)c([2H])c1[2H]. The molecule has 542 valence electrons. The van der Waals surface area contributed by atoms with Crippen molar-refractivity contribution in [2.75, 3.05) is 9.80 Å². The minimum atomic E-state index is -0.710. The van der Waals surface area contributed by atoms with E-state index in [-0.39, 0.29) is 61.1 Å². The van der Waals surface area contributed by atoms with Gasteiger partial charge in [-0.3, -0.25) is 0 Å². The summed E-state index contributed by atoms with van der Waals surface area (Å²) in [5.41, 5.74) is 22.5. The van der Waals surface area contributed by atoms with Crippen LogP contribution >= 0.6 is 0 Å². The van der Waals surface area contributed by atoms with Crippen LogP contribution in [-0.2, 0) is 21.7 Å². The molecule has 0 radical (unpaired) electrons. The van der Waals surface area contributed by atoms with Crippen LogP contribution in [0.25, 0.3) is 127 Å². The molecule has 6 heteroatoms. The maximum Gasteiger partial charge on any atom is 0.252 e. The summed E-state index contributed by atoms with van der Waals surface area (Å²) in [5.74, 6) is 0. The average Bonchev–Trinajstić information content (AvgIpc) is 1.68. The van der Waals surface area contributed by atoms with Crippen molar-refractivity contribution in [2.45, 2.75) is 105 Å². The van der Waals surface area contributed by atoms with Gasteiger partial charge in [0.1, 0.15) is 0 Å². The molecule has 18 aromatic rings. The lowest BCUT2D eigenvalue weighted by molar-refractivity contribution is 0.569. The second-order valence-corrected chi connectivity index (χ2v) is 34.4. The first-order valence-electron chi connectivity index (χ1n) is 45.3. The van der Waals surface area contributed by atoms with Crippen molar-refractivity contribution in [1.29, 1.82) is 0 Å². The van der Waals surface area contributed by atoms with Gasteiger partial charge in [0.05, 0.1) is 62.3 Å². The van der Waals surface area contributed by atoms with Crippen molar-refractivity contribution in [3.63, 3.8) is 0 Å². The Hall–Kier alpha value is -12.6. The quantitative estimate of drug-likeness (QED) is 0.134. The fourth-order valence-corrected chi connectivity index (χ4v) is 17.5. The topological polar surface area (TPSA) is 21.3 Å². The van der Waals surface area contributed by atoms with Crippen LogP contribution in [0.15, 0.2) is 327 Å². The highest BCUT2D eigenvalue weighted by molar-refractivity contribution is 7.00. The molecule has 0 bridgehead atoms. The highest BCUT2D eigenvalue weighted by Crippen LogP contribution is 2.53. The molecule has 0 unspecified atom stereocenters. The molecule has 3 aromatic heterocycles. The molecule has 0 amide bonds. The predicted octanol–water partition coefficient (Wildman–Crippen LogP) is 26.9. The third-order valence-corrected chi connectivity index (χ3v) is 23.3. The van der Waals surface area contributed by atoms with Crippen LogP contribution in [0.5, 0.6) is 0 Å². The first kappa shape index (κ1) is 55.7. The molecular weight excluding hydrogens is 1350 g/mol. The highest BCUT2D eigenvalue weighted by atomic mass is 15.2. The summed E-state index contributed by atoms with van der Waals surface area (Å²) in [7, 11) is 0.